The molecule has 0 spiro atoms. The molecular formula is C11H14BrNO. The second-order valence-electron chi connectivity index (χ2n) is 3.47. The molecule has 0 saturated heterocycles. The molecule has 1 aromatic carbocycles. The topological polar surface area (TPSA) is 46.2 Å². The molecule has 0 aromatic heterocycles. The van der Waals surface area contributed by atoms with Gasteiger partial charge in [-0.3, -0.25) is 0 Å². The first-order valence-electron chi connectivity index (χ1n) is 4.39. The van der Waals surface area contributed by atoms with Gasteiger partial charge in [-0.1, -0.05) is 21.5 Å². The number of nitrogens with two attached hydrogens (primary N) is 1. The summed E-state index contributed by atoms with van der Waals surface area (Å²) in [7, 11) is 0. The second kappa shape index (κ2) is 4.62. The van der Waals surface area contributed by atoms with E-state index < -0.39 is 0 Å². The van der Waals surface area contributed by atoms with E-state index in [1.54, 1.807) is 12.1 Å². The van der Waals surface area contributed by atoms with Crippen LogP contribution in [0.4, 0.5) is 0 Å². The van der Waals surface area contributed by atoms with Crippen molar-refractivity contribution in [2.24, 2.45) is 5.73 Å². The average molecular weight is 256 g/mol. The van der Waals surface area contributed by atoms with E-state index in [-0.39, 0.29) is 11.8 Å². The summed E-state index contributed by atoms with van der Waals surface area (Å²) in [6.45, 7) is 5.72. The van der Waals surface area contributed by atoms with Gasteiger partial charge in [-0.15, -0.1) is 6.58 Å². The Bertz CT molecular complexity index is 349. The molecule has 0 fully saturated rings. The molecule has 1 aromatic rings. The first kappa shape index (κ1) is 11.3. The maximum Gasteiger partial charge on any atom is 0.120 e. The number of aromatic hydroxyl groups is 1. The highest BCUT2D eigenvalue weighted by Crippen LogP contribution is 2.29. The number of hydrogen-bond acceptors (Lipinski definition) is 2. The molecule has 1 atom stereocenters. The van der Waals surface area contributed by atoms with Crippen molar-refractivity contribution in [2.45, 2.75) is 19.4 Å². The third kappa shape index (κ3) is 2.86. The lowest BCUT2D eigenvalue weighted by Crippen LogP contribution is -2.10. The first-order valence-corrected chi connectivity index (χ1v) is 5.18. The normalized spacial score (nSPS) is 12.5. The predicted molar refractivity (Wildman–Crippen MR) is 62.2 cm³/mol. The first-order chi connectivity index (χ1) is 6.50. The molecule has 0 saturated carbocycles. The van der Waals surface area contributed by atoms with Crippen LogP contribution in [-0.2, 0) is 0 Å². The van der Waals surface area contributed by atoms with Crippen LogP contribution in [0.3, 0.4) is 0 Å². The molecule has 0 amide bonds. The maximum absolute atomic E-state index is 9.59. The molecule has 0 unspecified atom stereocenters. The van der Waals surface area contributed by atoms with Gasteiger partial charge in [-0.25, -0.2) is 0 Å². The van der Waals surface area contributed by atoms with Crippen LogP contribution in [0.2, 0.25) is 0 Å². The van der Waals surface area contributed by atoms with Crippen molar-refractivity contribution in [3.8, 4) is 5.75 Å². The highest BCUT2D eigenvalue weighted by atomic mass is 79.9. The Morgan fingerprint density at radius 3 is 2.86 bits per heavy atom. The van der Waals surface area contributed by atoms with Gasteiger partial charge in [0.1, 0.15) is 5.75 Å². The molecule has 3 heteroatoms. The van der Waals surface area contributed by atoms with Gasteiger partial charge in [0.15, 0.2) is 0 Å². The molecule has 0 aliphatic carbocycles. The van der Waals surface area contributed by atoms with Gasteiger partial charge in [0.2, 0.25) is 0 Å². The Kier molecular flexibility index (Phi) is 3.72. The molecule has 0 aliphatic heterocycles. The van der Waals surface area contributed by atoms with Crippen LogP contribution >= 0.6 is 15.9 Å². The minimum absolute atomic E-state index is 0.190. The van der Waals surface area contributed by atoms with E-state index in [0.717, 1.165) is 15.6 Å². The summed E-state index contributed by atoms with van der Waals surface area (Å²) in [5.41, 5.74) is 7.69. The average Bonchev–Trinajstić information content (AvgIpc) is 2.08. The zero-order valence-electron chi connectivity index (χ0n) is 8.13. The van der Waals surface area contributed by atoms with Gasteiger partial charge >= 0.3 is 0 Å². The smallest absolute Gasteiger partial charge is 0.120 e. The highest BCUT2D eigenvalue weighted by Gasteiger charge is 2.11. The van der Waals surface area contributed by atoms with E-state index in [9.17, 15) is 5.11 Å². The Hall–Kier alpha value is -0.800. The zero-order chi connectivity index (χ0) is 10.7. The summed E-state index contributed by atoms with van der Waals surface area (Å²) in [5, 5.41) is 9.59. The monoisotopic (exact) mass is 255 g/mol. The molecule has 1 rings (SSSR count). The van der Waals surface area contributed by atoms with E-state index in [0.29, 0.717) is 6.42 Å². The number of benzene rings is 1. The number of phenolic OH excluding ortho intramolecular Hbond substituents is 1. The molecule has 0 bridgehead atoms. The third-order valence-corrected chi connectivity index (χ3v) is 2.45. The van der Waals surface area contributed by atoms with Crippen LogP contribution in [0.15, 0.2) is 34.8 Å². The van der Waals surface area contributed by atoms with E-state index in [1.807, 2.05) is 13.0 Å². The lowest BCUT2D eigenvalue weighted by atomic mass is 10.0. The minimum atomic E-state index is -0.190. The van der Waals surface area contributed by atoms with Gasteiger partial charge in [-0.2, -0.15) is 0 Å². The summed E-state index contributed by atoms with van der Waals surface area (Å²) < 4.78 is 0.919. The summed E-state index contributed by atoms with van der Waals surface area (Å²) in [5.74, 6) is 0.238. The van der Waals surface area contributed by atoms with Crippen LogP contribution in [0.5, 0.6) is 5.75 Å². The van der Waals surface area contributed by atoms with Crippen LogP contribution in [-0.4, -0.2) is 5.11 Å². The Labute approximate surface area is 92.6 Å². The van der Waals surface area contributed by atoms with Crippen molar-refractivity contribution in [1.29, 1.82) is 0 Å². The Morgan fingerprint density at radius 1 is 1.64 bits per heavy atom. The van der Waals surface area contributed by atoms with Gasteiger partial charge in [0.25, 0.3) is 0 Å². The number of phenols is 1. The molecule has 76 valence electrons. The molecule has 0 aliphatic rings. The zero-order valence-corrected chi connectivity index (χ0v) is 9.71. The van der Waals surface area contributed by atoms with Crippen molar-refractivity contribution >= 4 is 15.9 Å². The van der Waals surface area contributed by atoms with Gasteiger partial charge in [-0.05, 0) is 31.5 Å². The Balaban J connectivity index is 2.93. The summed E-state index contributed by atoms with van der Waals surface area (Å²) in [6.07, 6.45) is 0.685. The fraction of sp³-hybridized carbons (Fsp3) is 0.273. The number of hydrogen-bond donors (Lipinski definition) is 2. The lowest BCUT2D eigenvalue weighted by molar-refractivity contribution is 0.461. The van der Waals surface area contributed by atoms with E-state index >= 15 is 0 Å². The number of rotatable bonds is 3. The third-order valence-electron chi connectivity index (χ3n) is 1.96. The molecule has 0 radical (unpaired) electrons. The summed E-state index contributed by atoms with van der Waals surface area (Å²) in [4.78, 5) is 0. The molecular weight excluding hydrogens is 242 g/mol. The quantitative estimate of drug-likeness (QED) is 0.816. The minimum Gasteiger partial charge on any atom is -0.508 e. The van der Waals surface area contributed by atoms with Crippen LogP contribution in [0.1, 0.15) is 24.9 Å². The molecule has 3 N–H and O–H groups in total. The SMILES string of the molecule is C=C(C)C[C@@H](N)c1cc(Br)ccc1O. The van der Waals surface area contributed by atoms with Gasteiger partial charge in [0.05, 0.1) is 0 Å². The van der Waals surface area contributed by atoms with Crippen molar-refractivity contribution in [1.82, 2.24) is 0 Å². The second-order valence-corrected chi connectivity index (χ2v) is 4.39. The summed E-state index contributed by atoms with van der Waals surface area (Å²) in [6, 6.07) is 5.07. The summed E-state index contributed by atoms with van der Waals surface area (Å²) >= 11 is 3.34. The lowest BCUT2D eigenvalue weighted by Gasteiger charge is -2.13. The molecule has 14 heavy (non-hydrogen) atoms. The standard InChI is InChI=1S/C11H14BrNO/c1-7(2)5-10(13)9-6-8(12)3-4-11(9)14/h3-4,6,10,14H,1,5,13H2,2H3/t10-/m1/s1. The van der Waals surface area contributed by atoms with Gasteiger partial charge in [0, 0.05) is 16.1 Å². The van der Waals surface area contributed by atoms with Crippen molar-refractivity contribution in [3.63, 3.8) is 0 Å². The van der Waals surface area contributed by atoms with Crippen molar-refractivity contribution in [3.05, 3.63) is 40.4 Å². The fourth-order valence-corrected chi connectivity index (χ4v) is 1.69. The van der Waals surface area contributed by atoms with Crippen LogP contribution < -0.4 is 5.73 Å². The number of halogens is 1. The van der Waals surface area contributed by atoms with E-state index in [2.05, 4.69) is 22.5 Å². The highest BCUT2D eigenvalue weighted by molar-refractivity contribution is 9.10. The molecule has 0 heterocycles. The largest absolute Gasteiger partial charge is 0.508 e. The Morgan fingerprint density at radius 2 is 2.29 bits per heavy atom. The van der Waals surface area contributed by atoms with Gasteiger partial charge < -0.3 is 10.8 Å². The van der Waals surface area contributed by atoms with Crippen LogP contribution in [0.25, 0.3) is 0 Å². The fourth-order valence-electron chi connectivity index (χ4n) is 1.31. The predicted octanol–water partition coefficient (Wildman–Crippen LogP) is 3.12. The van der Waals surface area contributed by atoms with E-state index in [1.165, 1.54) is 0 Å². The van der Waals surface area contributed by atoms with Crippen LogP contribution in [0, 0.1) is 0 Å². The molecule has 2 nitrogen and oxygen atoms in total. The van der Waals surface area contributed by atoms with Crippen molar-refractivity contribution < 1.29 is 5.11 Å². The maximum atomic E-state index is 9.59. The van der Waals surface area contributed by atoms with Crippen molar-refractivity contribution in [2.75, 3.05) is 0 Å². The van der Waals surface area contributed by atoms with E-state index in [4.69, 9.17) is 5.73 Å².